The molecule has 0 heterocycles. The Kier molecular flexibility index (Phi) is 8.65. The van der Waals surface area contributed by atoms with Crippen LogP contribution in [0.4, 0.5) is 4.39 Å². The van der Waals surface area contributed by atoms with E-state index in [2.05, 4.69) is 10.6 Å². The second kappa shape index (κ2) is 10.3. The fourth-order valence-corrected chi connectivity index (χ4v) is 1.92. The Bertz CT molecular complexity index is 469. The molecular formula is C16H25FN2O3. The first kappa shape index (κ1) is 18.5. The molecule has 0 aliphatic rings. The minimum Gasteiger partial charge on any atom is -0.382 e. The fraction of sp³-hybridized carbons (Fsp3) is 0.562. The Hall–Kier alpha value is -1.50. The highest BCUT2D eigenvalue weighted by Gasteiger charge is 2.11. The van der Waals surface area contributed by atoms with Crippen LogP contribution < -0.4 is 10.6 Å². The smallest absolute Gasteiger partial charge is 0.251 e. The van der Waals surface area contributed by atoms with Gasteiger partial charge in [-0.1, -0.05) is 6.92 Å². The second-order valence-corrected chi connectivity index (χ2v) is 5.02. The Morgan fingerprint density at radius 2 is 2.14 bits per heavy atom. The van der Waals surface area contributed by atoms with Crippen molar-refractivity contribution in [1.29, 1.82) is 0 Å². The number of likely N-dealkylation sites (N-methyl/N-ethyl adjacent to an activating group) is 1. The summed E-state index contributed by atoms with van der Waals surface area (Å²) in [6.45, 7) is 6.30. The third-order valence-corrected chi connectivity index (χ3v) is 3.12. The van der Waals surface area contributed by atoms with Crippen molar-refractivity contribution in [3.05, 3.63) is 35.1 Å². The number of amides is 1. The molecular weight excluding hydrogens is 287 g/mol. The van der Waals surface area contributed by atoms with Gasteiger partial charge in [-0.15, -0.1) is 0 Å². The lowest BCUT2D eigenvalue weighted by Gasteiger charge is -2.13. The molecule has 0 aromatic heterocycles. The van der Waals surface area contributed by atoms with Gasteiger partial charge in [-0.25, -0.2) is 4.39 Å². The van der Waals surface area contributed by atoms with Crippen LogP contribution in [0.2, 0.25) is 0 Å². The minimum atomic E-state index is -0.380. The molecule has 0 saturated heterocycles. The van der Waals surface area contributed by atoms with Crippen LogP contribution in [-0.2, 0) is 16.1 Å². The van der Waals surface area contributed by atoms with E-state index in [0.29, 0.717) is 30.9 Å². The summed E-state index contributed by atoms with van der Waals surface area (Å²) in [6, 6.07) is 4.47. The van der Waals surface area contributed by atoms with Crippen LogP contribution in [0.1, 0.15) is 29.8 Å². The monoisotopic (exact) mass is 312 g/mol. The van der Waals surface area contributed by atoms with Gasteiger partial charge < -0.3 is 20.1 Å². The molecule has 0 fully saturated rings. The van der Waals surface area contributed by atoms with Gasteiger partial charge in [0.05, 0.1) is 19.8 Å². The molecule has 1 amide bonds. The molecule has 1 aromatic carbocycles. The van der Waals surface area contributed by atoms with Crippen LogP contribution in [0, 0.1) is 5.82 Å². The van der Waals surface area contributed by atoms with E-state index in [-0.39, 0.29) is 24.4 Å². The average Bonchev–Trinajstić information content (AvgIpc) is 2.51. The highest BCUT2D eigenvalue weighted by atomic mass is 19.1. The highest BCUT2D eigenvalue weighted by molar-refractivity contribution is 5.94. The topological polar surface area (TPSA) is 59.6 Å². The van der Waals surface area contributed by atoms with Gasteiger partial charge in [-0.2, -0.15) is 0 Å². The van der Waals surface area contributed by atoms with Crippen molar-refractivity contribution in [3.8, 4) is 0 Å². The maximum atomic E-state index is 13.7. The van der Waals surface area contributed by atoms with E-state index < -0.39 is 0 Å². The number of halogens is 1. The maximum Gasteiger partial charge on any atom is 0.251 e. The largest absolute Gasteiger partial charge is 0.382 e. The van der Waals surface area contributed by atoms with E-state index in [1.807, 2.05) is 13.8 Å². The van der Waals surface area contributed by atoms with E-state index in [4.69, 9.17) is 9.47 Å². The van der Waals surface area contributed by atoms with Gasteiger partial charge >= 0.3 is 0 Å². The number of rotatable bonds is 10. The zero-order valence-corrected chi connectivity index (χ0v) is 13.4. The summed E-state index contributed by atoms with van der Waals surface area (Å²) in [5, 5.41) is 6.03. The normalized spacial score (nSPS) is 12.2. The average molecular weight is 312 g/mol. The molecule has 0 unspecified atom stereocenters. The lowest BCUT2D eigenvalue weighted by Crippen LogP contribution is -2.38. The molecule has 0 radical (unpaired) electrons. The third-order valence-electron chi connectivity index (χ3n) is 3.12. The van der Waals surface area contributed by atoms with Gasteiger partial charge in [0.15, 0.2) is 0 Å². The van der Waals surface area contributed by atoms with E-state index >= 15 is 0 Å². The third kappa shape index (κ3) is 6.51. The van der Waals surface area contributed by atoms with Gasteiger partial charge in [0.2, 0.25) is 0 Å². The minimum absolute atomic E-state index is 0.115. The molecule has 1 rings (SSSR count). The number of hydrogen-bond donors (Lipinski definition) is 2. The van der Waals surface area contributed by atoms with Crippen LogP contribution in [0.5, 0.6) is 0 Å². The lowest BCUT2D eigenvalue weighted by atomic mass is 10.1. The van der Waals surface area contributed by atoms with E-state index in [1.165, 1.54) is 18.2 Å². The quantitative estimate of drug-likeness (QED) is 0.646. The highest BCUT2D eigenvalue weighted by Crippen LogP contribution is 2.12. The number of nitrogens with one attached hydrogen (secondary N) is 2. The fourth-order valence-electron chi connectivity index (χ4n) is 1.92. The number of benzene rings is 1. The lowest BCUT2D eigenvalue weighted by molar-refractivity contribution is 0.0604. The molecule has 2 N–H and O–H groups in total. The summed E-state index contributed by atoms with van der Waals surface area (Å²) < 4.78 is 23.9. The zero-order valence-electron chi connectivity index (χ0n) is 13.4. The molecule has 124 valence electrons. The van der Waals surface area contributed by atoms with Crippen molar-refractivity contribution in [2.75, 3.05) is 33.4 Å². The molecule has 0 aliphatic heterocycles. The number of hydrogen-bond acceptors (Lipinski definition) is 4. The Morgan fingerprint density at radius 1 is 1.36 bits per heavy atom. The Labute approximate surface area is 131 Å². The maximum absolute atomic E-state index is 13.7. The SMILES string of the molecule is CCN[C@H](C)CNC(=O)c1ccc(F)c(COCCOC)c1. The Balaban J connectivity index is 2.57. The first-order chi connectivity index (χ1) is 10.6. The zero-order chi connectivity index (χ0) is 16.4. The molecule has 0 spiro atoms. The molecule has 1 atom stereocenters. The summed E-state index contributed by atoms with van der Waals surface area (Å²) in [4.78, 5) is 12.1. The van der Waals surface area contributed by atoms with Crippen molar-refractivity contribution >= 4 is 5.91 Å². The van der Waals surface area contributed by atoms with Crippen molar-refractivity contribution in [2.24, 2.45) is 0 Å². The summed E-state index contributed by atoms with van der Waals surface area (Å²) >= 11 is 0. The number of carbonyl (C=O) groups excluding carboxylic acids is 1. The van der Waals surface area contributed by atoms with Crippen molar-refractivity contribution in [2.45, 2.75) is 26.5 Å². The van der Waals surface area contributed by atoms with Crippen LogP contribution in [0.15, 0.2) is 18.2 Å². The molecule has 6 heteroatoms. The second-order valence-electron chi connectivity index (χ2n) is 5.02. The first-order valence-electron chi connectivity index (χ1n) is 7.45. The molecule has 0 aliphatic carbocycles. The summed E-state index contributed by atoms with van der Waals surface area (Å²) in [6.07, 6.45) is 0. The van der Waals surface area contributed by atoms with E-state index in [1.54, 1.807) is 7.11 Å². The van der Waals surface area contributed by atoms with Crippen molar-refractivity contribution in [1.82, 2.24) is 10.6 Å². The van der Waals surface area contributed by atoms with Gasteiger partial charge in [-0.3, -0.25) is 4.79 Å². The van der Waals surface area contributed by atoms with E-state index in [9.17, 15) is 9.18 Å². The molecule has 0 bridgehead atoms. The van der Waals surface area contributed by atoms with Crippen LogP contribution >= 0.6 is 0 Å². The van der Waals surface area contributed by atoms with Crippen LogP contribution in [0.3, 0.4) is 0 Å². The van der Waals surface area contributed by atoms with Gasteiger partial charge in [0.25, 0.3) is 5.91 Å². The van der Waals surface area contributed by atoms with E-state index in [0.717, 1.165) is 6.54 Å². The summed E-state index contributed by atoms with van der Waals surface area (Å²) in [5.41, 5.74) is 0.791. The standard InChI is InChI=1S/C16H25FN2O3/c1-4-18-12(2)10-19-16(20)13-5-6-15(17)14(9-13)11-22-8-7-21-3/h5-6,9,12,18H,4,7-8,10-11H2,1-3H3,(H,19,20)/t12-/m1/s1. The Morgan fingerprint density at radius 3 is 2.82 bits per heavy atom. The number of methoxy groups -OCH3 is 1. The van der Waals surface area contributed by atoms with Gasteiger partial charge in [-0.05, 0) is 31.7 Å². The molecule has 5 nitrogen and oxygen atoms in total. The van der Waals surface area contributed by atoms with Gasteiger partial charge in [0, 0.05) is 30.8 Å². The van der Waals surface area contributed by atoms with Crippen LogP contribution in [0.25, 0.3) is 0 Å². The van der Waals surface area contributed by atoms with Gasteiger partial charge in [0.1, 0.15) is 5.82 Å². The molecule has 1 aromatic rings. The summed E-state index contributed by atoms with van der Waals surface area (Å²) in [7, 11) is 1.57. The number of carbonyl (C=O) groups is 1. The van der Waals surface area contributed by atoms with Crippen molar-refractivity contribution < 1.29 is 18.7 Å². The predicted molar refractivity (Wildman–Crippen MR) is 83.4 cm³/mol. The van der Waals surface area contributed by atoms with Crippen molar-refractivity contribution in [3.63, 3.8) is 0 Å². The molecule has 0 saturated carbocycles. The van der Waals surface area contributed by atoms with Crippen LogP contribution in [-0.4, -0.2) is 45.4 Å². The number of ether oxygens (including phenoxy) is 2. The predicted octanol–water partition coefficient (Wildman–Crippen LogP) is 1.72. The first-order valence-corrected chi connectivity index (χ1v) is 7.45. The summed E-state index contributed by atoms with van der Waals surface area (Å²) in [5.74, 6) is -0.599. The molecule has 22 heavy (non-hydrogen) atoms.